The van der Waals surface area contributed by atoms with Crippen LogP contribution in [0.15, 0.2) is 0 Å². The van der Waals surface area contributed by atoms with Gasteiger partial charge < -0.3 is 10.2 Å². The van der Waals surface area contributed by atoms with E-state index in [2.05, 4.69) is 5.32 Å². The maximum absolute atomic E-state index is 11.9. The van der Waals surface area contributed by atoms with Crippen LogP contribution in [0.4, 0.5) is 13.2 Å². The summed E-state index contributed by atoms with van der Waals surface area (Å²) in [5, 5.41) is 3.05. The Morgan fingerprint density at radius 1 is 1.53 bits per heavy atom. The number of hydrogen-bond acceptors (Lipinski definition) is 2. The van der Waals surface area contributed by atoms with Gasteiger partial charge in [0, 0.05) is 25.7 Å². The lowest BCUT2D eigenvalue weighted by Gasteiger charge is -2.32. The van der Waals surface area contributed by atoms with E-state index in [9.17, 15) is 18.0 Å². The first-order chi connectivity index (χ1) is 6.38. The molecule has 1 aliphatic rings. The quantitative estimate of drug-likeness (QED) is 0.754. The first-order valence-corrected chi connectivity index (χ1v) is 4.46. The molecule has 1 N–H and O–H groups in total. The Kier molecular flexibility index (Phi) is 5.37. The second-order valence-corrected chi connectivity index (χ2v) is 3.49. The van der Waals surface area contributed by atoms with Gasteiger partial charge in [-0.2, -0.15) is 13.2 Å². The largest absolute Gasteiger partial charge is 0.397 e. The molecule has 0 aliphatic carbocycles. The summed E-state index contributed by atoms with van der Waals surface area (Å²) < 4.78 is 35.7. The van der Waals surface area contributed by atoms with Crippen LogP contribution >= 0.6 is 12.4 Å². The van der Waals surface area contributed by atoms with Crippen molar-refractivity contribution in [3.8, 4) is 0 Å². The number of halogens is 4. The zero-order valence-electron chi connectivity index (χ0n) is 8.30. The summed E-state index contributed by atoms with van der Waals surface area (Å²) in [5.41, 5.74) is 0. The number of piperazine rings is 1. The van der Waals surface area contributed by atoms with Gasteiger partial charge in [0.25, 0.3) is 0 Å². The van der Waals surface area contributed by atoms with Crippen molar-refractivity contribution in [1.82, 2.24) is 10.2 Å². The van der Waals surface area contributed by atoms with Crippen LogP contribution < -0.4 is 5.32 Å². The Bertz CT molecular complexity index is 222. The first-order valence-electron chi connectivity index (χ1n) is 4.46. The summed E-state index contributed by atoms with van der Waals surface area (Å²) in [6, 6.07) is 0.0703. The minimum absolute atomic E-state index is 0. The molecule has 0 aromatic heterocycles. The Balaban J connectivity index is 0.00000196. The number of carbonyl (C=O) groups is 1. The molecule has 0 aromatic carbocycles. The summed E-state index contributed by atoms with van der Waals surface area (Å²) in [6.07, 6.45) is -5.75. The maximum atomic E-state index is 11.9. The van der Waals surface area contributed by atoms with Crippen LogP contribution in [0, 0.1) is 0 Å². The van der Waals surface area contributed by atoms with Gasteiger partial charge in [0.1, 0.15) is 6.42 Å². The third kappa shape index (κ3) is 5.22. The van der Waals surface area contributed by atoms with Gasteiger partial charge in [-0.3, -0.25) is 4.79 Å². The predicted molar refractivity (Wildman–Crippen MR) is 52.0 cm³/mol. The fraction of sp³-hybridized carbons (Fsp3) is 0.875. The predicted octanol–water partition coefficient (Wildman–Crippen LogP) is 1.18. The zero-order valence-corrected chi connectivity index (χ0v) is 9.12. The lowest BCUT2D eigenvalue weighted by molar-refractivity contribution is -0.162. The minimum Gasteiger partial charge on any atom is -0.340 e. The summed E-state index contributed by atoms with van der Waals surface area (Å²) in [6.45, 7) is 3.12. The molecule has 0 radical (unpaired) electrons. The van der Waals surface area contributed by atoms with Crippen molar-refractivity contribution in [2.45, 2.75) is 25.6 Å². The average molecular weight is 247 g/mol. The lowest BCUT2D eigenvalue weighted by Crippen LogP contribution is -2.51. The number of nitrogens with zero attached hydrogens (tertiary/aromatic N) is 1. The van der Waals surface area contributed by atoms with Crippen molar-refractivity contribution in [2.24, 2.45) is 0 Å². The third-order valence-electron chi connectivity index (χ3n) is 2.07. The highest BCUT2D eigenvalue weighted by Crippen LogP contribution is 2.20. The van der Waals surface area contributed by atoms with E-state index in [1.807, 2.05) is 6.92 Å². The molecule has 1 rings (SSSR count). The number of hydrogen-bond donors (Lipinski definition) is 1. The summed E-state index contributed by atoms with van der Waals surface area (Å²) in [4.78, 5) is 12.4. The second kappa shape index (κ2) is 5.55. The number of carbonyl (C=O) groups excluding carboxylic acids is 1. The molecule has 1 heterocycles. The van der Waals surface area contributed by atoms with Gasteiger partial charge in [-0.15, -0.1) is 12.4 Å². The molecule has 0 bridgehead atoms. The molecule has 0 saturated carbocycles. The van der Waals surface area contributed by atoms with Gasteiger partial charge in [0.2, 0.25) is 5.91 Å². The van der Waals surface area contributed by atoms with E-state index in [1.165, 1.54) is 4.90 Å². The number of nitrogens with one attached hydrogen (secondary N) is 1. The summed E-state index contributed by atoms with van der Waals surface area (Å²) in [5.74, 6) is -0.828. The van der Waals surface area contributed by atoms with Crippen LogP contribution in [0.1, 0.15) is 13.3 Å². The normalized spacial score (nSPS) is 22.1. The third-order valence-corrected chi connectivity index (χ3v) is 2.07. The lowest BCUT2D eigenvalue weighted by atomic mass is 10.2. The van der Waals surface area contributed by atoms with Gasteiger partial charge in [0.15, 0.2) is 0 Å². The van der Waals surface area contributed by atoms with Crippen LogP contribution in [0.5, 0.6) is 0 Å². The van der Waals surface area contributed by atoms with E-state index in [0.29, 0.717) is 19.6 Å². The smallest absolute Gasteiger partial charge is 0.340 e. The van der Waals surface area contributed by atoms with E-state index >= 15 is 0 Å². The summed E-state index contributed by atoms with van der Waals surface area (Å²) >= 11 is 0. The van der Waals surface area contributed by atoms with Crippen molar-refractivity contribution < 1.29 is 18.0 Å². The Labute approximate surface area is 92.4 Å². The fourth-order valence-electron chi connectivity index (χ4n) is 1.44. The summed E-state index contributed by atoms with van der Waals surface area (Å²) in [7, 11) is 0. The van der Waals surface area contributed by atoms with Gasteiger partial charge in [-0.1, -0.05) is 0 Å². The molecule has 0 spiro atoms. The molecule has 1 atom stereocenters. The topological polar surface area (TPSA) is 32.3 Å². The first kappa shape index (κ1) is 14.5. The molecule has 1 saturated heterocycles. The van der Waals surface area contributed by atoms with Crippen LogP contribution in [-0.2, 0) is 4.79 Å². The molecule has 90 valence electrons. The van der Waals surface area contributed by atoms with Crippen molar-refractivity contribution in [3.05, 3.63) is 0 Å². The van der Waals surface area contributed by atoms with Gasteiger partial charge in [0.05, 0.1) is 0 Å². The number of rotatable bonds is 1. The highest BCUT2D eigenvalue weighted by Gasteiger charge is 2.34. The van der Waals surface area contributed by atoms with E-state index in [-0.39, 0.29) is 18.4 Å². The Morgan fingerprint density at radius 2 is 2.13 bits per heavy atom. The monoisotopic (exact) mass is 246 g/mol. The number of alkyl halides is 3. The molecule has 0 aromatic rings. The highest BCUT2D eigenvalue weighted by atomic mass is 35.5. The van der Waals surface area contributed by atoms with Gasteiger partial charge in [-0.05, 0) is 6.92 Å². The van der Waals surface area contributed by atoms with Crippen LogP contribution in [-0.4, -0.2) is 42.7 Å². The van der Waals surface area contributed by atoms with E-state index < -0.39 is 18.5 Å². The highest BCUT2D eigenvalue weighted by molar-refractivity contribution is 5.85. The Morgan fingerprint density at radius 3 is 2.60 bits per heavy atom. The SMILES string of the molecule is C[C@@H]1CN(C(=O)CC(F)(F)F)CCN1.Cl. The van der Waals surface area contributed by atoms with Crippen molar-refractivity contribution >= 4 is 18.3 Å². The molecular formula is C8H14ClF3N2O. The van der Waals surface area contributed by atoms with Gasteiger partial charge in [-0.25, -0.2) is 0 Å². The second-order valence-electron chi connectivity index (χ2n) is 3.49. The van der Waals surface area contributed by atoms with Crippen molar-refractivity contribution in [2.75, 3.05) is 19.6 Å². The van der Waals surface area contributed by atoms with E-state index in [0.717, 1.165) is 0 Å². The maximum Gasteiger partial charge on any atom is 0.397 e. The van der Waals surface area contributed by atoms with Crippen LogP contribution in [0.3, 0.4) is 0 Å². The minimum atomic E-state index is -4.40. The van der Waals surface area contributed by atoms with Crippen molar-refractivity contribution in [3.63, 3.8) is 0 Å². The van der Waals surface area contributed by atoms with Crippen LogP contribution in [0.25, 0.3) is 0 Å². The average Bonchev–Trinajstić information content (AvgIpc) is 2.01. The zero-order chi connectivity index (χ0) is 10.8. The van der Waals surface area contributed by atoms with E-state index in [1.54, 1.807) is 0 Å². The molecular weight excluding hydrogens is 233 g/mol. The number of amides is 1. The molecule has 0 unspecified atom stereocenters. The van der Waals surface area contributed by atoms with Gasteiger partial charge >= 0.3 is 6.18 Å². The molecule has 1 aliphatic heterocycles. The molecule has 3 nitrogen and oxygen atoms in total. The Hall–Kier alpha value is -0.490. The van der Waals surface area contributed by atoms with E-state index in [4.69, 9.17) is 0 Å². The molecule has 7 heteroatoms. The molecule has 1 fully saturated rings. The van der Waals surface area contributed by atoms with Crippen molar-refractivity contribution in [1.29, 1.82) is 0 Å². The molecule has 1 amide bonds. The van der Waals surface area contributed by atoms with Crippen LogP contribution in [0.2, 0.25) is 0 Å². The standard InChI is InChI=1S/C8H13F3N2O.ClH/c1-6-5-13(3-2-12-6)7(14)4-8(9,10)11;/h6,12H,2-5H2,1H3;1H/t6-;/m1./s1. The molecule has 15 heavy (non-hydrogen) atoms. The fourth-order valence-corrected chi connectivity index (χ4v) is 1.44.